The van der Waals surface area contributed by atoms with Crippen molar-refractivity contribution in [3.63, 3.8) is 0 Å². The van der Waals surface area contributed by atoms with E-state index in [1.807, 2.05) is 0 Å². The van der Waals surface area contributed by atoms with Gasteiger partial charge in [0.05, 0.1) is 0 Å². The van der Waals surface area contributed by atoms with Gasteiger partial charge in [-0.1, -0.05) is 167 Å². The van der Waals surface area contributed by atoms with Crippen molar-refractivity contribution in [2.75, 3.05) is 0 Å². The molecule has 0 rings (SSSR count). The monoisotopic (exact) mass is 557 g/mol. The molecule has 0 aromatic rings. The Hall–Kier alpha value is -0.780. The van der Waals surface area contributed by atoms with Crippen molar-refractivity contribution in [2.45, 2.75) is 201 Å². The Morgan fingerprint density at radius 2 is 0.975 bits per heavy atom. The molecule has 2 unspecified atom stereocenters. The van der Waals surface area contributed by atoms with Crippen LogP contribution >= 0.6 is 0 Å². The van der Waals surface area contributed by atoms with Gasteiger partial charge in [-0.2, -0.15) is 0 Å². The fourth-order valence-corrected chi connectivity index (χ4v) is 6.23. The van der Waals surface area contributed by atoms with E-state index in [0.29, 0.717) is 0 Å². The molecule has 0 heteroatoms. The largest absolute Gasteiger partial charge is 0.103 e. The summed E-state index contributed by atoms with van der Waals surface area (Å²) >= 11 is 0. The average molecular weight is 557 g/mol. The molecular formula is C40H76. The summed E-state index contributed by atoms with van der Waals surface area (Å²) in [6.45, 7) is 17.4. The van der Waals surface area contributed by atoms with Gasteiger partial charge in [0.1, 0.15) is 0 Å². The summed E-state index contributed by atoms with van der Waals surface area (Å²) in [6, 6.07) is 0. The molecule has 0 bridgehead atoms. The van der Waals surface area contributed by atoms with Gasteiger partial charge in [-0.15, -0.1) is 13.2 Å². The van der Waals surface area contributed by atoms with Crippen molar-refractivity contribution in [3.05, 3.63) is 37.0 Å². The van der Waals surface area contributed by atoms with Gasteiger partial charge in [-0.25, -0.2) is 0 Å². The van der Waals surface area contributed by atoms with Crippen LogP contribution < -0.4 is 0 Å². The second-order valence-electron chi connectivity index (χ2n) is 13.7. The summed E-state index contributed by atoms with van der Waals surface area (Å²) in [5.41, 5.74) is 1.80. The highest BCUT2D eigenvalue weighted by Gasteiger charge is 2.11. The fraction of sp³-hybridized carbons (Fsp3) is 0.850. The van der Waals surface area contributed by atoms with Gasteiger partial charge >= 0.3 is 0 Å². The summed E-state index contributed by atoms with van der Waals surface area (Å²) < 4.78 is 0. The van der Waals surface area contributed by atoms with Crippen molar-refractivity contribution < 1.29 is 0 Å². The standard InChI is InChI=1S/C40H76/c1-7-10-12-14-16-18-20-24-28-32-39(9-3)34-35-40(33-29-25-21-22-26-30-37(4)5)36-38(6)31-27-23-19-17-15-13-11-8-2/h7-8,33,37-39H,1-2,9-32,34-36H2,3-6H3. The van der Waals surface area contributed by atoms with E-state index in [-0.39, 0.29) is 0 Å². The molecule has 2 atom stereocenters. The summed E-state index contributed by atoms with van der Waals surface area (Å²) in [6.07, 6.45) is 44.4. The number of rotatable bonds is 32. The molecule has 0 heterocycles. The predicted molar refractivity (Wildman–Crippen MR) is 186 cm³/mol. The molecule has 0 radical (unpaired) electrons. The van der Waals surface area contributed by atoms with E-state index in [4.69, 9.17) is 0 Å². The molecule has 0 aliphatic heterocycles. The molecule has 0 N–H and O–H groups in total. The van der Waals surface area contributed by atoms with Gasteiger partial charge < -0.3 is 0 Å². The molecule has 0 aromatic heterocycles. The third kappa shape index (κ3) is 28.7. The molecule has 0 fully saturated rings. The van der Waals surface area contributed by atoms with E-state index in [2.05, 4.69) is 59.1 Å². The van der Waals surface area contributed by atoms with Crippen LogP contribution in [-0.2, 0) is 0 Å². The van der Waals surface area contributed by atoms with Gasteiger partial charge in [0.25, 0.3) is 0 Å². The van der Waals surface area contributed by atoms with Crippen LogP contribution in [0.25, 0.3) is 0 Å². The van der Waals surface area contributed by atoms with Gasteiger partial charge in [0.15, 0.2) is 0 Å². The normalized spacial score (nSPS) is 13.6. The molecule has 0 saturated carbocycles. The molecule has 0 spiro atoms. The maximum Gasteiger partial charge on any atom is -0.0294 e. The summed E-state index contributed by atoms with van der Waals surface area (Å²) in [5, 5.41) is 0. The van der Waals surface area contributed by atoms with Crippen LogP contribution in [0.3, 0.4) is 0 Å². The quantitative estimate of drug-likeness (QED) is 0.0571. The Labute approximate surface area is 255 Å². The first-order chi connectivity index (χ1) is 19.5. The summed E-state index contributed by atoms with van der Waals surface area (Å²) in [4.78, 5) is 0. The maximum absolute atomic E-state index is 3.84. The minimum atomic E-state index is 0.851. The zero-order chi connectivity index (χ0) is 29.5. The molecule has 40 heavy (non-hydrogen) atoms. The Kier molecular flexibility index (Phi) is 30.6. The second kappa shape index (κ2) is 31.2. The zero-order valence-electron chi connectivity index (χ0n) is 28.5. The molecule has 0 saturated heterocycles. The first kappa shape index (κ1) is 39.2. The van der Waals surface area contributed by atoms with Crippen LogP contribution in [-0.4, -0.2) is 0 Å². The summed E-state index contributed by atoms with van der Waals surface area (Å²) in [5.74, 6) is 2.65. The van der Waals surface area contributed by atoms with Crippen molar-refractivity contribution in [2.24, 2.45) is 17.8 Å². The lowest BCUT2D eigenvalue weighted by Crippen LogP contribution is -2.03. The predicted octanol–water partition coefficient (Wildman–Crippen LogP) is 14.7. The van der Waals surface area contributed by atoms with Crippen LogP contribution in [0, 0.1) is 17.8 Å². The average Bonchev–Trinajstić information content (AvgIpc) is 2.94. The van der Waals surface area contributed by atoms with Crippen LogP contribution in [0.5, 0.6) is 0 Å². The van der Waals surface area contributed by atoms with Gasteiger partial charge in [0, 0.05) is 0 Å². The van der Waals surface area contributed by atoms with Crippen LogP contribution in [0.1, 0.15) is 201 Å². The molecule has 0 nitrogen and oxygen atoms in total. The lowest BCUT2D eigenvalue weighted by Gasteiger charge is -2.19. The number of hydrogen-bond acceptors (Lipinski definition) is 0. The minimum Gasteiger partial charge on any atom is -0.103 e. The van der Waals surface area contributed by atoms with E-state index >= 15 is 0 Å². The third-order valence-electron chi connectivity index (χ3n) is 9.11. The lowest BCUT2D eigenvalue weighted by molar-refractivity contribution is 0.403. The highest BCUT2D eigenvalue weighted by Crippen LogP contribution is 2.27. The number of hydrogen-bond donors (Lipinski definition) is 0. The number of unbranched alkanes of at least 4 members (excludes halogenated alkanes) is 17. The molecule has 0 aromatic carbocycles. The summed E-state index contributed by atoms with van der Waals surface area (Å²) in [7, 11) is 0. The first-order valence-corrected chi connectivity index (χ1v) is 18.4. The van der Waals surface area contributed by atoms with Crippen molar-refractivity contribution >= 4 is 0 Å². The van der Waals surface area contributed by atoms with Crippen molar-refractivity contribution in [3.8, 4) is 0 Å². The second-order valence-corrected chi connectivity index (χ2v) is 13.7. The molecular weight excluding hydrogens is 480 g/mol. The highest BCUT2D eigenvalue weighted by atomic mass is 14.2. The lowest BCUT2D eigenvalue weighted by atomic mass is 9.87. The smallest absolute Gasteiger partial charge is 0.0294 e. The first-order valence-electron chi connectivity index (χ1n) is 18.4. The van der Waals surface area contributed by atoms with E-state index in [1.165, 1.54) is 173 Å². The van der Waals surface area contributed by atoms with Crippen LogP contribution in [0.4, 0.5) is 0 Å². The molecule has 0 aliphatic carbocycles. The molecule has 0 amide bonds. The molecule has 0 aliphatic rings. The topological polar surface area (TPSA) is 0 Å². The Bertz CT molecular complexity index is 552. The van der Waals surface area contributed by atoms with E-state index in [0.717, 1.165) is 17.8 Å². The maximum atomic E-state index is 3.84. The zero-order valence-corrected chi connectivity index (χ0v) is 28.5. The van der Waals surface area contributed by atoms with E-state index in [1.54, 1.807) is 5.57 Å². The van der Waals surface area contributed by atoms with E-state index < -0.39 is 0 Å². The number of allylic oxidation sites excluding steroid dienone is 4. The SMILES string of the molecule is C=CCCCCCCCCCC(CC)CCC(=CCCCCCCC(C)C)CC(C)CCCCCCCCC=C. The van der Waals surface area contributed by atoms with E-state index in [9.17, 15) is 0 Å². The third-order valence-corrected chi connectivity index (χ3v) is 9.11. The van der Waals surface area contributed by atoms with Crippen molar-refractivity contribution in [1.82, 2.24) is 0 Å². The van der Waals surface area contributed by atoms with Crippen LogP contribution in [0.2, 0.25) is 0 Å². The molecule has 236 valence electrons. The fourth-order valence-electron chi connectivity index (χ4n) is 6.23. The Morgan fingerprint density at radius 3 is 1.48 bits per heavy atom. The van der Waals surface area contributed by atoms with Crippen LogP contribution in [0.15, 0.2) is 37.0 Å². The Balaban J connectivity index is 4.41. The highest BCUT2D eigenvalue weighted by molar-refractivity contribution is 5.03. The van der Waals surface area contributed by atoms with Gasteiger partial charge in [-0.05, 0) is 75.5 Å². The Morgan fingerprint density at radius 1 is 0.525 bits per heavy atom. The van der Waals surface area contributed by atoms with Crippen molar-refractivity contribution in [1.29, 1.82) is 0 Å². The van der Waals surface area contributed by atoms with Gasteiger partial charge in [0.2, 0.25) is 0 Å². The van der Waals surface area contributed by atoms with Gasteiger partial charge in [-0.3, -0.25) is 0 Å². The minimum absolute atomic E-state index is 0.851.